The van der Waals surface area contributed by atoms with Crippen molar-refractivity contribution in [3.05, 3.63) is 77.9 Å². The van der Waals surface area contributed by atoms with Gasteiger partial charge in [-0.05, 0) is 24.1 Å². The predicted octanol–water partition coefficient (Wildman–Crippen LogP) is 3.19. The van der Waals surface area contributed by atoms with Crippen molar-refractivity contribution in [2.45, 2.75) is 24.7 Å². The zero-order chi connectivity index (χ0) is 19.3. The van der Waals surface area contributed by atoms with Crippen molar-refractivity contribution < 1.29 is 9.90 Å². The fraction of sp³-hybridized carbons (Fsp3) is 0.217. The molecule has 0 aliphatic carbocycles. The zero-order valence-electron chi connectivity index (χ0n) is 15.2. The second-order valence-electron chi connectivity index (χ2n) is 7.32. The molecule has 5 heteroatoms. The van der Waals surface area contributed by atoms with Crippen molar-refractivity contribution in [2.24, 2.45) is 0 Å². The number of carbonyl (C=O) groups is 1. The van der Waals surface area contributed by atoms with Crippen molar-refractivity contribution in [1.82, 2.24) is 4.90 Å². The molecule has 2 fully saturated rings. The summed E-state index contributed by atoms with van der Waals surface area (Å²) < 4.78 is 0. The molecule has 1 N–H and O–H groups in total. The van der Waals surface area contributed by atoms with Crippen LogP contribution in [-0.2, 0) is 4.79 Å². The van der Waals surface area contributed by atoms with E-state index in [-0.39, 0.29) is 12.1 Å². The molecule has 3 aromatic rings. The lowest BCUT2D eigenvalue weighted by molar-refractivity contribution is -0.121. The average molecular weight is 369 g/mol. The third kappa shape index (κ3) is 2.36. The minimum atomic E-state index is -0.659. The Kier molecular flexibility index (Phi) is 3.90. The Morgan fingerprint density at radius 1 is 0.964 bits per heavy atom. The zero-order valence-corrected chi connectivity index (χ0v) is 15.2. The van der Waals surface area contributed by atoms with E-state index < -0.39 is 12.1 Å². The summed E-state index contributed by atoms with van der Waals surface area (Å²) in [7, 11) is 0. The SMILES string of the molecule is N#Cc1ccc(N2C(=O)[C@@H]3[C@@H](O)CCN3[C@H]2c2ccccc2)c2ccccc12. The van der Waals surface area contributed by atoms with Crippen molar-refractivity contribution in [3.8, 4) is 6.07 Å². The van der Waals surface area contributed by atoms with Gasteiger partial charge in [-0.1, -0.05) is 54.6 Å². The number of carbonyl (C=O) groups excluding carboxylic acids is 1. The maximum atomic E-state index is 13.4. The van der Waals surface area contributed by atoms with E-state index in [1.807, 2.05) is 60.7 Å². The van der Waals surface area contributed by atoms with Crippen LogP contribution in [0.4, 0.5) is 5.69 Å². The molecule has 28 heavy (non-hydrogen) atoms. The van der Waals surface area contributed by atoms with Gasteiger partial charge in [-0.3, -0.25) is 14.6 Å². The van der Waals surface area contributed by atoms with Crippen LogP contribution in [0.3, 0.4) is 0 Å². The minimum Gasteiger partial charge on any atom is -0.391 e. The molecule has 0 spiro atoms. The lowest BCUT2D eigenvalue weighted by Gasteiger charge is -2.30. The van der Waals surface area contributed by atoms with E-state index in [0.717, 1.165) is 22.0 Å². The lowest BCUT2D eigenvalue weighted by Crippen LogP contribution is -2.36. The summed E-state index contributed by atoms with van der Waals surface area (Å²) in [5, 5.41) is 21.6. The monoisotopic (exact) mass is 369 g/mol. The van der Waals surface area contributed by atoms with Gasteiger partial charge in [0.05, 0.1) is 23.4 Å². The van der Waals surface area contributed by atoms with Crippen molar-refractivity contribution >= 4 is 22.4 Å². The smallest absolute Gasteiger partial charge is 0.248 e. The third-order valence-electron chi connectivity index (χ3n) is 5.83. The molecule has 2 saturated heterocycles. The van der Waals surface area contributed by atoms with Gasteiger partial charge in [0.2, 0.25) is 5.91 Å². The van der Waals surface area contributed by atoms with Crippen molar-refractivity contribution in [1.29, 1.82) is 5.26 Å². The van der Waals surface area contributed by atoms with Crippen LogP contribution in [0.5, 0.6) is 0 Å². The number of aliphatic hydroxyl groups is 1. The number of anilines is 1. The molecule has 0 radical (unpaired) electrons. The molecule has 2 heterocycles. The molecule has 2 aliphatic rings. The van der Waals surface area contributed by atoms with Crippen molar-refractivity contribution in [3.63, 3.8) is 0 Å². The number of nitriles is 1. The molecule has 5 nitrogen and oxygen atoms in total. The van der Waals surface area contributed by atoms with Gasteiger partial charge >= 0.3 is 0 Å². The highest BCUT2D eigenvalue weighted by atomic mass is 16.3. The van der Waals surface area contributed by atoms with Gasteiger partial charge in [-0.25, -0.2) is 0 Å². The number of fused-ring (bicyclic) bond motifs is 2. The number of hydrogen-bond acceptors (Lipinski definition) is 4. The molecular weight excluding hydrogens is 350 g/mol. The normalized spacial score (nSPS) is 24.5. The summed E-state index contributed by atoms with van der Waals surface area (Å²) >= 11 is 0. The number of hydrogen-bond donors (Lipinski definition) is 1. The largest absolute Gasteiger partial charge is 0.391 e. The summed E-state index contributed by atoms with van der Waals surface area (Å²) in [6, 6.07) is 22.9. The summed E-state index contributed by atoms with van der Waals surface area (Å²) in [5.41, 5.74) is 2.37. The second kappa shape index (κ2) is 6.45. The topological polar surface area (TPSA) is 67.6 Å². The number of aliphatic hydroxyl groups excluding tert-OH is 1. The fourth-order valence-corrected chi connectivity index (χ4v) is 4.60. The number of benzene rings is 3. The van der Waals surface area contributed by atoms with Crippen LogP contribution in [0.2, 0.25) is 0 Å². The Hall–Kier alpha value is -3.20. The van der Waals surface area contributed by atoms with Gasteiger partial charge in [-0.15, -0.1) is 0 Å². The lowest BCUT2D eigenvalue weighted by atomic mass is 10.0. The van der Waals surface area contributed by atoms with E-state index in [0.29, 0.717) is 18.5 Å². The van der Waals surface area contributed by atoms with E-state index in [9.17, 15) is 15.2 Å². The first-order valence-electron chi connectivity index (χ1n) is 9.44. The first-order valence-corrected chi connectivity index (χ1v) is 9.44. The predicted molar refractivity (Wildman–Crippen MR) is 106 cm³/mol. The Labute approximate surface area is 163 Å². The molecule has 0 saturated carbocycles. The Morgan fingerprint density at radius 2 is 1.68 bits per heavy atom. The van der Waals surface area contributed by atoms with Crippen LogP contribution < -0.4 is 4.90 Å². The first-order chi connectivity index (χ1) is 13.7. The summed E-state index contributed by atoms with van der Waals surface area (Å²) in [5.74, 6) is -0.0892. The van der Waals surface area contributed by atoms with Crippen LogP contribution in [0, 0.1) is 11.3 Å². The van der Waals surface area contributed by atoms with E-state index in [1.54, 1.807) is 11.0 Å². The van der Waals surface area contributed by atoms with Crippen molar-refractivity contribution in [2.75, 3.05) is 11.4 Å². The highest BCUT2D eigenvalue weighted by Crippen LogP contribution is 2.44. The maximum Gasteiger partial charge on any atom is 0.248 e. The van der Waals surface area contributed by atoms with Gasteiger partial charge in [0.25, 0.3) is 0 Å². The second-order valence-corrected chi connectivity index (χ2v) is 7.32. The molecule has 0 aromatic heterocycles. The quantitative estimate of drug-likeness (QED) is 0.753. The molecule has 3 atom stereocenters. The van der Waals surface area contributed by atoms with E-state index in [1.165, 1.54) is 0 Å². The summed E-state index contributed by atoms with van der Waals surface area (Å²) in [6.07, 6.45) is -0.331. The standard InChI is InChI=1S/C23H19N3O2/c24-14-16-10-11-19(18-9-5-4-8-17(16)18)26-22(15-6-2-1-3-7-15)25-13-12-20(27)21(25)23(26)28/h1-11,20-22,27H,12-13H2/t20-,21-,22+/m0/s1. The minimum absolute atomic E-state index is 0.0892. The highest BCUT2D eigenvalue weighted by Gasteiger charge is 2.53. The first kappa shape index (κ1) is 16.9. The average Bonchev–Trinajstić information content (AvgIpc) is 3.26. The Bertz CT molecular complexity index is 1110. The highest BCUT2D eigenvalue weighted by molar-refractivity contribution is 6.08. The number of nitrogens with zero attached hydrogens (tertiary/aromatic N) is 3. The van der Waals surface area contributed by atoms with E-state index >= 15 is 0 Å². The Balaban J connectivity index is 1.73. The molecule has 0 unspecified atom stereocenters. The van der Waals surface area contributed by atoms with Gasteiger partial charge in [-0.2, -0.15) is 5.26 Å². The fourth-order valence-electron chi connectivity index (χ4n) is 4.60. The Morgan fingerprint density at radius 3 is 2.43 bits per heavy atom. The molecule has 0 bridgehead atoms. The van der Waals surface area contributed by atoms with Crippen LogP contribution in [0.25, 0.3) is 10.8 Å². The van der Waals surface area contributed by atoms with Gasteiger partial charge in [0, 0.05) is 17.3 Å². The van der Waals surface area contributed by atoms with Crippen LogP contribution >= 0.6 is 0 Å². The number of amides is 1. The van der Waals surface area contributed by atoms with E-state index in [4.69, 9.17) is 0 Å². The van der Waals surface area contributed by atoms with Crippen LogP contribution in [0.1, 0.15) is 23.7 Å². The van der Waals surface area contributed by atoms with Crippen LogP contribution in [0.15, 0.2) is 66.7 Å². The molecule has 2 aliphatic heterocycles. The van der Waals surface area contributed by atoms with Crippen LogP contribution in [-0.4, -0.2) is 34.6 Å². The number of rotatable bonds is 2. The summed E-state index contributed by atoms with van der Waals surface area (Å²) in [6.45, 7) is 0.668. The molecule has 3 aromatic carbocycles. The molecule has 5 rings (SSSR count). The molecule has 138 valence electrons. The van der Waals surface area contributed by atoms with Gasteiger partial charge < -0.3 is 5.11 Å². The maximum absolute atomic E-state index is 13.4. The van der Waals surface area contributed by atoms with Gasteiger partial charge in [0.1, 0.15) is 12.2 Å². The molecule has 1 amide bonds. The van der Waals surface area contributed by atoms with E-state index in [2.05, 4.69) is 11.0 Å². The third-order valence-corrected chi connectivity index (χ3v) is 5.83. The molecular formula is C23H19N3O2. The van der Waals surface area contributed by atoms with Gasteiger partial charge in [0.15, 0.2) is 0 Å². The summed E-state index contributed by atoms with van der Waals surface area (Å²) in [4.78, 5) is 17.3.